The highest BCUT2D eigenvalue weighted by atomic mass is 32.2. The molecule has 6 heteroatoms. The minimum Gasteiger partial charge on any atom is -0.250 e. The van der Waals surface area contributed by atoms with Crippen molar-refractivity contribution in [3.8, 4) is 0 Å². The number of hydrogen-bond acceptors (Lipinski definition) is 3. The Morgan fingerprint density at radius 1 is 1.09 bits per heavy atom. The van der Waals surface area contributed by atoms with Gasteiger partial charge in [0, 0.05) is 13.1 Å². The molecule has 3 rings (SSSR count). The van der Waals surface area contributed by atoms with Gasteiger partial charge in [0.2, 0.25) is 0 Å². The fourth-order valence-electron chi connectivity index (χ4n) is 2.47. The van der Waals surface area contributed by atoms with E-state index in [9.17, 15) is 12.8 Å². The van der Waals surface area contributed by atoms with E-state index >= 15 is 0 Å². The lowest BCUT2D eigenvalue weighted by Crippen LogP contribution is -2.39. The molecule has 2 aromatic carbocycles. The molecule has 0 unspecified atom stereocenters. The van der Waals surface area contributed by atoms with Crippen molar-refractivity contribution in [3.63, 3.8) is 0 Å². The molecule has 2 aromatic rings. The van der Waals surface area contributed by atoms with Gasteiger partial charge in [-0.25, -0.2) is 8.57 Å². The highest BCUT2D eigenvalue weighted by Gasteiger charge is 2.33. The van der Waals surface area contributed by atoms with Gasteiger partial charge in [0.15, 0.2) is 0 Å². The lowest BCUT2D eigenvalue weighted by Gasteiger charge is -2.31. The number of benzene rings is 2. The Morgan fingerprint density at radius 3 is 2.41 bits per heavy atom. The van der Waals surface area contributed by atoms with Gasteiger partial charge < -0.3 is 0 Å². The van der Waals surface area contributed by atoms with Gasteiger partial charge in [-0.05, 0) is 29.7 Å². The molecule has 0 aromatic heterocycles. The lowest BCUT2D eigenvalue weighted by atomic mass is 10.1. The Hall–Kier alpha value is -1.76. The third kappa shape index (κ3) is 3.35. The number of rotatable bonds is 3. The third-order valence-electron chi connectivity index (χ3n) is 3.64. The molecule has 0 N–H and O–H groups in total. The Morgan fingerprint density at radius 2 is 1.77 bits per heavy atom. The minimum atomic E-state index is -3.79. The molecule has 1 heterocycles. The molecule has 0 saturated carbocycles. The van der Waals surface area contributed by atoms with Crippen molar-refractivity contribution in [1.29, 1.82) is 0 Å². The molecule has 1 atom stereocenters. The average Bonchev–Trinajstić information content (AvgIpc) is 2.51. The van der Waals surface area contributed by atoms with Crippen LogP contribution in [0.2, 0.25) is 0 Å². The molecule has 0 spiro atoms. The molecule has 0 aliphatic carbocycles. The first kappa shape index (κ1) is 15.1. The first-order valence-electron chi connectivity index (χ1n) is 7.02. The van der Waals surface area contributed by atoms with Gasteiger partial charge in [-0.1, -0.05) is 42.5 Å². The minimum absolute atomic E-state index is 0.291. The van der Waals surface area contributed by atoms with Crippen molar-refractivity contribution >= 4 is 10.3 Å². The van der Waals surface area contributed by atoms with Crippen molar-refractivity contribution in [2.45, 2.75) is 19.1 Å². The van der Waals surface area contributed by atoms with Gasteiger partial charge in [0.25, 0.3) is 0 Å². The van der Waals surface area contributed by atoms with Crippen LogP contribution in [0.3, 0.4) is 0 Å². The van der Waals surface area contributed by atoms with Gasteiger partial charge >= 0.3 is 10.3 Å². The zero-order valence-corrected chi connectivity index (χ0v) is 12.7. The summed E-state index contributed by atoms with van der Waals surface area (Å²) in [4.78, 5) is 0. The average molecular weight is 321 g/mol. The standard InChI is InChI=1S/C16H16FNO3S/c17-15-8-6-14(7-9-15)16-10-11-18(22(19,20)21-16)12-13-4-2-1-3-5-13/h1-9,16H,10-12H2/t16-/m1/s1. The predicted molar refractivity (Wildman–Crippen MR) is 80.6 cm³/mol. The second kappa shape index (κ2) is 6.16. The Labute approximate surface area is 129 Å². The van der Waals surface area contributed by atoms with Crippen LogP contribution in [-0.4, -0.2) is 19.3 Å². The summed E-state index contributed by atoms with van der Waals surface area (Å²) >= 11 is 0. The molecule has 1 aliphatic heterocycles. The molecule has 22 heavy (non-hydrogen) atoms. The van der Waals surface area contributed by atoms with E-state index < -0.39 is 16.4 Å². The maximum absolute atomic E-state index is 12.9. The fraction of sp³-hybridized carbons (Fsp3) is 0.250. The summed E-state index contributed by atoms with van der Waals surface area (Å²) < 4.78 is 44.1. The second-order valence-corrected chi connectivity index (χ2v) is 6.77. The van der Waals surface area contributed by atoms with Gasteiger partial charge in [-0.2, -0.15) is 12.7 Å². The molecule has 1 fully saturated rings. The van der Waals surface area contributed by atoms with Crippen LogP contribution >= 0.6 is 0 Å². The van der Waals surface area contributed by atoms with Crippen molar-refractivity contribution < 1.29 is 17.0 Å². The zero-order chi connectivity index (χ0) is 15.6. The largest absolute Gasteiger partial charge is 0.339 e. The monoisotopic (exact) mass is 321 g/mol. The molecule has 1 saturated heterocycles. The number of halogens is 1. The van der Waals surface area contributed by atoms with Crippen LogP contribution in [0.4, 0.5) is 4.39 Å². The zero-order valence-electron chi connectivity index (χ0n) is 11.9. The normalized spacial score (nSPS) is 21.6. The Bertz CT molecular complexity index is 732. The Kier molecular flexibility index (Phi) is 4.24. The van der Waals surface area contributed by atoms with E-state index in [1.54, 1.807) is 12.1 Å². The van der Waals surface area contributed by atoms with E-state index in [0.717, 1.165) is 5.56 Å². The lowest BCUT2D eigenvalue weighted by molar-refractivity contribution is 0.132. The van der Waals surface area contributed by atoms with Crippen LogP contribution in [0.1, 0.15) is 23.7 Å². The van der Waals surface area contributed by atoms with Crippen LogP contribution in [0.15, 0.2) is 54.6 Å². The fourth-order valence-corrected chi connectivity index (χ4v) is 3.73. The first-order chi connectivity index (χ1) is 10.5. The van der Waals surface area contributed by atoms with Crippen LogP contribution in [0.25, 0.3) is 0 Å². The maximum Gasteiger partial charge on any atom is 0.339 e. The number of nitrogens with zero attached hydrogens (tertiary/aromatic N) is 1. The van der Waals surface area contributed by atoms with Crippen molar-refractivity contribution in [1.82, 2.24) is 4.31 Å². The van der Waals surface area contributed by atoms with Crippen LogP contribution < -0.4 is 0 Å². The summed E-state index contributed by atoms with van der Waals surface area (Å²) in [7, 11) is -3.79. The van der Waals surface area contributed by atoms with Gasteiger partial charge in [0.05, 0.1) is 0 Å². The van der Waals surface area contributed by atoms with E-state index in [1.807, 2.05) is 30.3 Å². The number of hydrogen-bond donors (Lipinski definition) is 0. The molecule has 0 radical (unpaired) electrons. The molecule has 1 aliphatic rings. The van der Waals surface area contributed by atoms with E-state index in [0.29, 0.717) is 25.1 Å². The van der Waals surface area contributed by atoms with Crippen molar-refractivity contribution in [3.05, 3.63) is 71.5 Å². The molecular formula is C16H16FNO3S. The van der Waals surface area contributed by atoms with Gasteiger partial charge in [-0.15, -0.1) is 0 Å². The summed E-state index contributed by atoms with van der Waals surface area (Å²) in [6, 6.07) is 15.1. The summed E-state index contributed by atoms with van der Waals surface area (Å²) in [6.45, 7) is 0.665. The quantitative estimate of drug-likeness (QED) is 0.873. The molecule has 4 nitrogen and oxygen atoms in total. The maximum atomic E-state index is 12.9. The predicted octanol–water partition coefficient (Wildman–Crippen LogP) is 3.03. The second-order valence-electron chi connectivity index (χ2n) is 5.20. The highest BCUT2D eigenvalue weighted by molar-refractivity contribution is 7.84. The SMILES string of the molecule is O=S1(=O)O[C@@H](c2ccc(F)cc2)CCN1Cc1ccccc1. The van der Waals surface area contributed by atoms with Crippen molar-refractivity contribution in [2.24, 2.45) is 0 Å². The van der Waals surface area contributed by atoms with E-state index in [2.05, 4.69) is 0 Å². The van der Waals surface area contributed by atoms with E-state index in [-0.39, 0.29) is 5.82 Å². The first-order valence-corrected chi connectivity index (χ1v) is 8.39. The third-order valence-corrected chi connectivity index (χ3v) is 5.06. The molecule has 116 valence electrons. The highest BCUT2D eigenvalue weighted by Crippen LogP contribution is 2.30. The molecule has 0 amide bonds. The van der Waals surface area contributed by atoms with Gasteiger partial charge in [0.1, 0.15) is 11.9 Å². The summed E-state index contributed by atoms with van der Waals surface area (Å²) in [5.41, 5.74) is 1.58. The topological polar surface area (TPSA) is 46.6 Å². The van der Waals surface area contributed by atoms with Crippen LogP contribution in [-0.2, 0) is 21.0 Å². The molecular weight excluding hydrogens is 305 g/mol. The van der Waals surface area contributed by atoms with E-state index in [1.165, 1.54) is 16.4 Å². The Balaban J connectivity index is 1.73. The van der Waals surface area contributed by atoms with Gasteiger partial charge in [-0.3, -0.25) is 0 Å². The summed E-state index contributed by atoms with van der Waals surface area (Å²) in [6.07, 6.45) is -0.0184. The van der Waals surface area contributed by atoms with Crippen LogP contribution in [0.5, 0.6) is 0 Å². The summed E-state index contributed by atoms with van der Waals surface area (Å²) in [5, 5.41) is 0. The smallest absolute Gasteiger partial charge is 0.250 e. The van der Waals surface area contributed by atoms with Crippen LogP contribution in [0, 0.1) is 5.82 Å². The summed E-state index contributed by atoms with van der Waals surface area (Å²) in [5.74, 6) is -0.354. The molecule has 0 bridgehead atoms. The van der Waals surface area contributed by atoms with Crippen molar-refractivity contribution in [2.75, 3.05) is 6.54 Å². The van der Waals surface area contributed by atoms with E-state index in [4.69, 9.17) is 4.18 Å².